The third kappa shape index (κ3) is 2.94. The molecule has 2 fully saturated rings. The summed E-state index contributed by atoms with van der Waals surface area (Å²) in [6.45, 7) is 4.52. The molecule has 0 aromatic heterocycles. The van der Waals surface area contributed by atoms with Gasteiger partial charge in [0.25, 0.3) is 0 Å². The van der Waals surface area contributed by atoms with Crippen LogP contribution in [0.1, 0.15) is 39.5 Å². The number of fused-ring (bicyclic) bond motifs is 4. The molecular formula is C21H29N3O6. The van der Waals surface area contributed by atoms with Gasteiger partial charge in [-0.3, -0.25) is 9.59 Å². The molecule has 0 bridgehead atoms. The normalized spacial score (nSPS) is 31.7. The second-order valence-electron chi connectivity index (χ2n) is 8.28. The minimum atomic E-state index is -0.965. The number of nitrogens with zero attached hydrogens (tertiary/aromatic N) is 1. The van der Waals surface area contributed by atoms with Crippen LogP contribution in [-0.2, 0) is 23.8 Å². The van der Waals surface area contributed by atoms with Crippen LogP contribution in [0.2, 0.25) is 0 Å². The van der Waals surface area contributed by atoms with Crippen LogP contribution in [-0.4, -0.2) is 67.2 Å². The second kappa shape index (κ2) is 7.70. The quantitative estimate of drug-likeness (QED) is 0.321. The van der Waals surface area contributed by atoms with E-state index in [2.05, 4.69) is 12.2 Å². The van der Waals surface area contributed by atoms with Gasteiger partial charge in [-0.1, -0.05) is 26.2 Å². The van der Waals surface area contributed by atoms with Gasteiger partial charge >= 0.3 is 6.09 Å². The Morgan fingerprint density at radius 1 is 1.27 bits per heavy atom. The number of amides is 1. The lowest BCUT2D eigenvalue weighted by molar-refractivity contribution is -0.137. The predicted octanol–water partition coefficient (Wildman–Crippen LogP) is 0.987. The topological polar surface area (TPSA) is 130 Å². The molecule has 0 spiro atoms. The van der Waals surface area contributed by atoms with Gasteiger partial charge in [-0.25, -0.2) is 4.79 Å². The van der Waals surface area contributed by atoms with Crippen molar-refractivity contribution in [1.82, 2.24) is 10.2 Å². The van der Waals surface area contributed by atoms with Gasteiger partial charge in [0.2, 0.25) is 11.6 Å². The van der Waals surface area contributed by atoms with E-state index in [4.69, 9.17) is 19.9 Å². The first-order valence-corrected chi connectivity index (χ1v) is 10.6. The second-order valence-corrected chi connectivity index (χ2v) is 8.28. The number of nitrogens with two attached hydrogens (primary N) is 1. The van der Waals surface area contributed by atoms with Crippen molar-refractivity contribution in [3.05, 3.63) is 22.6 Å². The highest BCUT2D eigenvalue weighted by Gasteiger charge is 2.72. The predicted molar refractivity (Wildman–Crippen MR) is 106 cm³/mol. The highest BCUT2D eigenvalue weighted by Crippen LogP contribution is 2.55. The van der Waals surface area contributed by atoms with Gasteiger partial charge < -0.3 is 30.2 Å². The van der Waals surface area contributed by atoms with Gasteiger partial charge in [0.1, 0.15) is 6.61 Å². The number of ketones is 2. The molecule has 0 aromatic carbocycles. The number of carbonyl (C=O) groups excluding carboxylic acids is 3. The number of rotatable bonds is 9. The standard InChI is InChI=1S/C21H29N3O6/c1-4-5-6-7-8-29-18-11(2)16(25)15-14(17(18)26)12(10-30-20(22)27)21(28-3)19-13(23-19)9-24(15)21/h12-13,19,23H,4-10H2,1-3H3,(H2,22,27). The lowest BCUT2D eigenvalue weighted by atomic mass is 9.83. The molecule has 4 rings (SSSR count). The number of carbonyl (C=O) groups is 3. The summed E-state index contributed by atoms with van der Waals surface area (Å²) in [4.78, 5) is 40.0. The molecule has 2 saturated heterocycles. The molecule has 3 aliphatic heterocycles. The summed E-state index contributed by atoms with van der Waals surface area (Å²) in [7, 11) is 1.55. The zero-order valence-corrected chi connectivity index (χ0v) is 17.7. The number of ether oxygens (including phenoxy) is 3. The minimum Gasteiger partial charge on any atom is -0.489 e. The molecule has 9 heteroatoms. The maximum atomic E-state index is 13.5. The van der Waals surface area contributed by atoms with E-state index in [1.54, 1.807) is 14.0 Å². The molecule has 4 atom stereocenters. The van der Waals surface area contributed by atoms with Gasteiger partial charge in [-0.05, 0) is 13.3 Å². The number of unbranched alkanes of at least 4 members (excludes halogenated alkanes) is 3. The fourth-order valence-electron chi connectivity index (χ4n) is 5.14. The maximum Gasteiger partial charge on any atom is 0.404 e. The van der Waals surface area contributed by atoms with E-state index in [0.717, 1.165) is 25.7 Å². The smallest absolute Gasteiger partial charge is 0.404 e. The summed E-state index contributed by atoms with van der Waals surface area (Å²) < 4.78 is 16.8. The number of methoxy groups -OCH3 is 1. The van der Waals surface area contributed by atoms with Crippen LogP contribution in [0.25, 0.3) is 0 Å². The Morgan fingerprint density at radius 3 is 2.70 bits per heavy atom. The van der Waals surface area contributed by atoms with Crippen LogP contribution in [0.15, 0.2) is 22.6 Å². The average Bonchev–Trinajstić information content (AvgIpc) is 3.33. The van der Waals surface area contributed by atoms with Crippen molar-refractivity contribution in [3.63, 3.8) is 0 Å². The van der Waals surface area contributed by atoms with Gasteiger partial charge in [0.05, 0.1) is 24.3 Å². The summed E-state index contributed by atoms with van der Waals surface area (Å²) in [5, 5.41) is 3.33. The van der Waals surface area contributed by atoms with E-state index in [9.17, 15) is 14.4 Å². The number of nitrogens with one attached hydrogen (secondary N) is 1. The zero-order valence-electron chi connectivity index (χ0n) is 17.7. The lowest BCUT2D eigenvalue weighted by Crippen LogP contribution is -2.55. The van der Waals surface area contributed by atoms with Crippen molar-refractivity contribution >= 4 is 17.7 Å². The molecule has 164 valence electrons. The third-order valence-corrected chi connectivity index (χ3v) is 6.62. The van der Waals surface area contributed by atoms with Gasteiger partial charge in [0.15, 0.2) is 11.5 Å². The van der Waals surface area contributed by atoms with E-state index in [-0.39, 0.29) is 36.0 Å². The zero-order chi connectivity index (χ0) is 21.6. The number of primary amides is 1. The van der Waals surface area contributed by atoms with Gasteiger partial charge in [-0.15, -0.1) is 0 Å². The molecule has 3 N–H and O–H groups in total. The number of hydrogen-bond donors (Lipinski definition) is 2. The highest BCUT2D eigenvalue weighted by molar-refractivity contribution is 6.25. The lowest BCUT2D eigenvalue weighted by Gasteiger charge is -2.39. The Bertz CT molecular complexity index is 850. The number of piperazine rings is 1. The Morgan fingerprint density at radius 2 is 2.03 bits per heavy atom. The average molecular weight is 419 g/mol. The summed E-state index contributed by atoms with van der Waals surface area (Å²) >= 11 is 0. The van der Waals surface area contributed by atoms with Crippen LogP contribution in [0.5, 0.6) is 0 Å². The van der Waals surface area contributed by atoms with Crippen molar-refractivity contribution in [2.75, 3.05) is 26.9 Å². The molecule has 30 heavy (non-hydrogen) atoms. The Labute approximate surface area is 175 Å². The fourth-order valence-corrected chi connectivity index (χ4v) is 5.14. The minimum absolute atomic E-state index is 0.0612. The Balaban J connectivity index is 1.64. The molecule has 9 nitrogen and oxygen atoms in total. The molecular weight excluding hydrogens is 390 g/mol. The fraction of sp³-hybridized carbons (Fsp3) is 0.667. The third-order valence-electron chi connectivity index (χ3n) is 6.62. The highest BCUT2D eigenvalue weighted by atomic mass is 16.6. The van der Waals surface area contributed by atoms with Crippen molar-refractivity contribution in [1.29, 1.82) is 0 Å². The molecule has 1 amide bonds. The van der Waals surface area contributed by atoms with E-state index in [1.807, 2.05) is 4.90 Å². The monoisotopic (exact) mass is 419 g/mol. The number of allylic oxidation sites excluding steroid dienone is 2. The SMILES string of the molecule is CCCCCCOC1=C(C)C(=O)C2=C(C1=O)C(COC(N)=O)C1(OC)C3NC3CN21. The summed E-state index contributed by atoms with van der Waals surface area (Å²) in [6.07, 6.45) is 3.07. The Hall–Kier alpha value is -2.39. The molecule has 0 saturated carbocycles. The first-order valence-electron chi connectivity index (χ1n) is 10.6. The van der Waals surface area contributed by atoms with E-state index < -0.39 is 17.7 Å². The van der Waals surface area contributed by atoms with Gasteiger partial charge in [-0.2, -0.15) is 0 Å². The number of hydrogen-bond acceptors (Lipinski definition) is 8. The molecule has 4 aliphatic rings. The van der Waals surface area contributed by atoms with Crippen LogP contribution in [0.3, 0.4) is 0 Å². The van der Waals surface area contributed by atoms with E-state index in [0.29, 0.717) is 30.0 Å². The molecule has 3 heterocycles. The first-order chi connectivity index (χ1) is 14.4. The first kappa shape index (κ1) is 20.9. The molecule has 0 aromatic rings. The Kier molecular flexibility index (Phi) is 5.36. The largest absolute Gasteiger partial charge is 0.489 e. The van der Waals surface area contributed by atoms with Crippen LogP contribution < -0.4 is 11.1 Å². The van der Waals surface area contributed by atoms with E-state index >= 15 is 0 Å². The van der Waals surface area contributed by atoms with Crippen molar-refractivity contribution in [2.45, 2.75) is 57.3 Å². The molecule has 1 aliphatic carbocycles. The molecule has 0 radical (unpaired) electrons. The summed E-state index contributed by atoms with van der Waals surface area (Å²) in [5.74, 6) is -1.12. The van der Waals surface area contributed by atoms with Crippen molar-refractivity contribution in [2.24, 2.45) is 11.7 Å². The van der Waals surface area contributed by atoms with E-state index in [1.165, 1.54) is 0 Å². The van der Waals surface area contributed by atoms with Crippen LogP contribution in [0.4, 0.5) is 4.79 Å². The van der Waals surface area contributed by atoms with Crippen LogP contribution >= 0.6 is 0 Å². The van der Waals surface area contributed by atoms with Gasteiger partial charge in [0, 0.05) is 30.8 Å². The van der Waals surface area contributed by atoms with Crippen LogP contribution in [0, 0.1) is 5.92 Å². The summed E-state index contributed by atoms with van der Waals surface area (Å²) in [5.41, 5.74) is 5.17. The number of Topliss-reactive ketones (excluding diaryl/α,β-unsaturated/α-hetero) is 2. The molecule has 4 unspecified atom stereocenters. The van der Waals surface area contributed by atoms with Crippen molar-refractivity contribution in [3.8, 4) is 0 Å². The van der Waals surface area contributed by atoms with Crippen molar-refractivity contribution < 1.29 is 28.6 Å². The summed E-state index contributed by atoms with van der Waals surface area (Å²) in [6, 6.07) is 0.104. The maximum absolute atomic E-state index is 13.5.